The Morgan fingerprint density at radius 3 is 2.55 bits per heavy atom. The van der Waals surface area contributed by atoms with Gasteiger partial charge in [-0.3, -0.25) is 19.3 Å². The number of hydrogen-bond donors (Lipinski definition) is 0. The Morgan fingerprint density at radius 2 is 1.83 bits per heavy atom. The van der Waals surface area contributed by atoms with E-state index in [0.29, 0.717) is 17.8 Å². The van der Waals surface area contributed by atoms with Crippen molar-refractivity contribution in [3.63, 3.8) is 0 Å². The molecule has 6 heteroatoms. The predicted octanol–water partition coefficient (Wildman–Crippen LogP) is 2.81. The van der Waals surface area contributed by atoms with Gasteiger partial charge in [0, 0.05) is 33.0 Å². The minimum Gasteiger partial charge on any atom is -0.338 e. The molecule has 0 aromatic heterocycles. The van der Waals surface area contributed by atoms with Crippen LogP contribution in [-0.4, -0.2) is 46.8 Å². The second-order valence-electron chi connectivity index (χ2n) is 7.41. The minimum absolute atomic E-state index is 0.150. The lowest BCUT2D eigenvalue weighted by Crippen LogP contribution is -2.70. The molecule has 148 valence electrons. The van der Waals surface area contributed by atoms with Crippen molar-refractivity contribution in [1.29, 1.82) is 0 Å². The van der Waals surface area contributed by atoms with Crippen LogP contribution in [0.4, 0.5) is 5.69 Å². The van der Waals surface area contributed by atoms with Crippen molar-refractivity contribution < 1.29 is 14.4 Å². The summed E-state index contributed by atoms with van der Waals surface area (Å²) >= 11 is 0. The fraction of sp³-hybridized carbons (Fsp3) is 0.261. The first-order valence-electron chi connectivity index (χ1n) is 9.65. The normalized spacial score (nSPS) is 20.3. The number of hydrogen-bond acceptors (Lipinski definition) is 3. The highest BCUT2D eigenvalue weighted by atomic mass is 16.2. The van der Waals surface area contributed by atoms with Crippen LogP contribution in [0.25, 0.3) is 0 Å². The Kier molecular flexibility index (Phi) is 4.70. The number of benzene rings is 2. The molecule has 2 aromatic rings. The van der Waals surface area contributed by atoms with E-state index < -0.39 is 5.66 Å². The smallest absolute Gasteiger partial charge is 0.270 e. The summed E-state index contributed by atoms with van der Waals surface area (Å²) in [6, 6.07) is 16.5. The van der Waals surface area contributed by atoms with Gasteiger partial charge in [0.2, 0.25) is 11.6 Å². The quantitative estimate of drug-likeness (QED) is 0.739. The fourth-order valence-electron chi connectivity index (χ4n) is 4.33. The molecule has 1 fully saturated rings. The van der Waals surface area contributed by atoms with E-state index >= 15 is 0 Å². The Bertz CT molecular complexity index is 988. The molecule has 2 heterocycles. The van der Waals surface area contributed by atoms with E-state index in [-0.39, 0.29) is 37.1 Å². The molecule has 0 aliphatic carbocycles. The molecule has 1 atom stereocenters. The highest BCUT2D eigenvalue weighted by Crippen LogP contribution is 2.45. The third-order valence-electron chi connectivity index (χ3n) is 5.65. The molecule has 4 rings (SSSR count). The van der Waals surface area contributed by atoms with Crippen LogP contribution in [0.2, 0.25) is 0 Å². The third-order valence-corrected chi connectivity index (χ3v) is 5.65. The summed E-state index contributed by atoms with van der Waals surface area (Å²) in [5, 5.41) is 0. The molecular formula is C23H23N3O3. The molecular weight excluding hydrogens is 366 g/mol. The van der Waals surface area contributed by atoms with Gasteiger partial charge in [-0.2, -0.15) is 0 Å². The Morgan fingerprint density at radius 1 is 1.14 bits per heavy atom. The average molecular weight is 389 g/mol. The van der Waals surface area contributed by atoms with Crippen molar-refractivity contribution in [2.75, 3.05) is 18.5 Å². The fourth-order valence-corrected chi connectivity index (χ4v) is 4.33. The summed E-state index contributed by atoms with van der Waals surface area (Å²) in [4.78, 5) is 44.8. The lowest BCUT2D eigenvalue weighted by Gasteiger charge is -2.50. The minimum atomic E-state index is -1.36. The van der Waals surface area contributed by atoms with Crippen LogP contribution in [0.15, 0.2) is 67.3 Å². The van der Waals surface area contributed by atoms with Crippen LogP contribution >= 0.6 is 0 Å². The van der Waals surface area contributed by atoms with Gasteiger partial charge in [0.15, 0.2) is 0 Å². The molecule has 2 aliphatic heterocycles. The van der Waals surface area contributed by atoms with E-state index in [4.69, 9.17) is 0 Å². The zero-order valence-corrected chi connectivity index (χ0v) is 16.4. The van der Waals surface area contributed by atoms with Crippen LogP contribution in [0.3, 0.4) is 0 Å². The second-order valence-corrected chi connectivity index (χ2v) is 7.41. The Hall–Kier alpha value is -3.41. The van der Waals surface area contributed by atoms with E-state index in [9.17, 15) is 14.4 Å². The largest absolute Gasteiger partial charge is 0.338 e. The van der Waals surface area contributed by atoms with E-state index in [2.05, 4.69) is 6.58 Å². The topological polar surface area (TPSA) is 60.9 Å². The second kappa shape index (κ2) is 7.20. The maximum absolute atomic E-state index is 13.7. The average Bonchev–Trinajstić information content (AvgIpc) is 3.09. The summed E-state index contributed by atoms with van der Waals surface area (Å²) in [7, 11) is 1.67. The number of rotatable bonds is 5. The molecule has 29 heavy (non-hydrogen) atoms. The van der Waals surface area contributed by atoms with E-state index in [1.165, 1.54) is 9.80 Å². The lowest BCUT2D eigenvalue weighted by atomic mass is 9.94. The van der Waals surface area contributed by atoms with E-state index in [1.807, 2.05) is 30.3 Å². The van der Waals surface area contributed by atoms with Crippen molar-refractivity contribution in [2.45, 2.75) is 25.0 Å². The number of carbonyl (C=O) groups is 3. The standard InChI is InChI=1S/C23H23N3O3/c1-3-15-24(2)22(29)23-14-13-20(27)26(23)19-12-8-7-11-18(19)21(28)25(23)16-17-9-5-4-6-10-17/h3-12H,1,13-16H2,2H3. The summed E-state index contributed by atoms with van der Waals surface area (Å²) in [6.07, 6.45) is 2.11. The van der Waals surface area contributed by atoms with Gasteiger partial charge in [0.25, 0.3) is 11.8 Å². The number of para-hydroxylation sites is 1. The molecule has 2 aliphatic rings. The molecule has 2 aromatic carbocycles. The zero-order chi connectivity index (χ0) is 20.6. The summed E-state index contributed by atoms with van der Waals surface area (Å²) < 4.78 is 0. The number of fused-ring (bicyclic) bond motifs is 3. The van der Waals surface area contributed by atoms with Gasteiger partial charge in [0.1, 0.15) is 0 Å². The van der Waals surface area contributed by atoms with Crippen molar-refractivity contribution in [1.82, 2.24) is 9.80 Å². The molecule has 0 N–H and O–H groups in total. The van der Waals surface area contributed by atoms with Gasteiger partial charge in [-0.15, -0.1) is 6.58 Å². The number of amides is 3. The molecule has 0 bridgehead atoms. The van der Waals surface area contributed by atoms with E-state index in [1.54, 1.807) is 42.3 Å². The van der Waals surface area contributed by atoms with Crippen molar-refractivity contribution in [3.8, 4) is 0 Å². The highest BCUT2D eigenvalue weighted by molar-refractivity contribution is 6.16. The van der Waals surface area contributed by atoms with Gasteiger partial charge in [-0.1, -0.05) is 48.5 Å². The summed E-state index contributed by atoms with van der Waals surface area (Å²) in [5.41, 5.74) is 0.479. The molecule has 3 amide bonds. The highest BCUT2D eigenvalue weighted by Gasteiger charge is 2.61. The zero-order valence-electron chi connectivity index (χ0n) is 16.4. The van der Waals surface area contributed by atoms with E-state index in [0.717, 1.165) is 5.56 Å². The number of likely N-dealkylation sites (N-methyl/N-ethyl adjacent to an activating group) is 1. The first-order valence-corrected chi connectivity index (χ1v) is 9.65. The SMILES string of the molecule is C=CCN(C)C(=O)C12CCC(=O)N1c1ccccc1C(=O)N2Cc1ccccc1. The first kappa shape index (κ1) is 18.9. The van der Waals surface area contributed by atoms with Crippen LogP contribution < -0.4 is 4.90 Å². The maximum atomic E-state index is 13.7. The molecule has 0 spiro atoms. The van der Waals surface area contributed by atoms with Gasteiger partial charge < -0.3 is 9.80 Å². The molecule has 1 saturated heterocycles. The maximum Gasteiger partial charge on any atom is 0.270 e. The van der Waals surface area contributed by atoms with Crippen molar-refractivity contribution in [2.24, 2.45) is 0 Å². The van der Waals surface area contributed by atoms with Gasteiger partial charge in [-0.25, -0.2) is 0 Å². The third kappa shape index (κ3) is 2.83. The molecule has 6 nitrogen and oxygen atoms in total. The van der Waals surface area contributed by atoms with Crippen LogP contribution in [0.1, 0.15) is 28.8 Å². The lowest BCUT2D eigenvalue weighted by molar-refractivity contribution is -0.142. The summed E-state index contributed by atoms with van der Waals surface area (Å²) in [5.74, 6) is -0.666. The van der Waals surface area contributed by atoms with Gasteiger partial charge in [0.05, 0.1) is 11.3 Å². The van der Waals surface area contributed by atoms with Crippen LogP contribution in [0, 0.1) is 0 Å². The summed E-state index contributed by atoms with van der Waals surface area (Å²) in [6.45, 7) is 4.28. The van der Waals surface area contributed by atoms with Crippen LogP contribution in [0.5, 0.6) is 0 Å². The van der Waals surface area contributed by atoms with Gasteiger partial charge in [-0.05, 0) is 17.7 Å². The van der Waals surface area contributed by atoms with Crippen LogP contribution in [-0.2, 0) is 16.1 Å². The predicted molar refractivity (Wildman–Crippen MR) is 110 cm³/mol. The Labute approximate surface area is 170 Å². The van der Waals surface area contributed by atoms with Gasteiger partial charge >= 0.3 is 0 Å². The first-order chi connectivity index (χ1) is 14.0. The van der Waals surface area contributed by atoms with Crippen molar-refractivity contribution >= 4 is 23.4 Å². The van der Waals surface area contributed by atoms with Crippen molar-refractivity contribution in [3.05, 3.63) is 78.4 Å². The Balaban J connectivity index is 1.91. The molecule has 1 unspecified atom stereocenters. The number of nitrogens with zero attached hydrogens (tertiary/aromatic N) is 3. The number of carbonyl (C=O) groups excluding carboxylic acids is 3. The molecule has 0 saturated carbocycles. The number of anilines is 1. The monoisotopic (exact) mass is 389 g/mol. The molecule has 0 radical (unpaired) electrons.